The molecular weight excluding hydrogens is 390 g/mol. The molecule has 3 aromatic rings. The summed E-state index contributed by atoms with van der Waals surface area (Å²) >= 11 is 5.02. The minimum Gasteiger partial charge on any atom is -0.496 e. The molecule has 0 atom stereocenters. The van der Waals surface area contributed by atoms with Crippen molar-refractivity contribution >= 4 is 39.9 Å². The molecule has 0 heterocycles. The van der Waals surface area contributed by atoms with Gasteiger partial charge in [-0.05, 0) is 47.3 Å². The van der Waals surface area contributed by atoms with E-state index >= 15 is 0 Å². The van der Waals surface area contributed by atoms with Gasteiger partial charge in [0.1, 0.15) is 11.5 Å². The molecule has 0 bridgehead atoms. The first-order valence-electron chi connectivity index (χ1n) is 8.71. The van der Waals surface area contributed by atoms with E-state index in [2.05, 4.69) is 16.2 Å². The van der Waals surface area contributed by atoms with Crippen molar-refractivity contribution in [1.29, 1.82) is 0 Å². The molecule has 0 aromatic heterocycles. The van der Waals surface area contributed by atoms with Crippen LogP contribution in [0.25, 0.3) is 10.8 Å². The lowest BCUT2D eigenvalue weighted by Crippen LogP contribution is -2.49. The molecule has 0 saturated heterocycles. The maximum atomic E-state index is 12.2. The van der Waals surface area contributed by atoms with Crippen LogP contribution >= 0.6 is 12.2 Å². The summed E-state index contributed by atoms with van der Waals surface area (Å²) in [4.78, 5) is 24.2. The Balaban J connectivity index is 1.46. The lowest BCUT2D eigenvalue weighted by molar-refractivity contribution is -0.123. The maximum Gasteiger partial charge on any atom is 0.276 e. The second-order valence-electron chi connectivity index (χ2n) is 5.95. The summed E-state index contributed by atoms with van der Waals surface area (Å²) in [6.45, 7) is -0.214. The fourth-order valence-electron chi connectivity index (χ4n) is 2.60. The second kappa shape index (κ2) is 9.52. The van der Waals surface area contributed by atoms with Gasteiger partial charge in [0.15, 0.2) is 11.7 Å². The predicted octanol–water partition coefficient (Wildman–Crippen LogP) is 2.56. The van der Waals surface area contributed by atoms with Gasteiger partial charge >= 0.3 is 0 Å². The highest BCUT2D eigenvalue weighted by Gasteiger charge is 2.13. The number of methoxy groups -OCH3 is 1. The molecule has 2 amide bonds. The van der Waals surface area contributed by atoms with Gasteiger partial charge in [-0.3, -0.25) is 25.8 Å². The zero-order valence-corrected chi connectivity index (χ0v) is 16.4. The van der Waals surface area contributed by atoms with Gasteiger partial charge in [0, 0.05) is 0 Å². The second-order valence-corrected chi connectivity index (χ2v) is 6.36. The van der Waals surface area contributed by atoms with Crippen LogP contribution in [0.3, 0.4) is 0 Å². The number of para-hydroxylation sites is 1. The molecule has 3 rings (SSSR count). The lowest BCUT2D eigenvalue weighted by atomic mass is 10.1. The van der Waals surface area contributed by atoms with Crippen molar-refractivity contribution in [3.63, 3.8) is 0 Å². The van der Waals surface area contributed by atoms with Crippen LogP contribution in [0, 0.1) is 0 Å². The van der Waals surface area contributed by atoms with Crippen LogP contribution < -0.4 is 25.6 Å². The Morgan fingerprint density at radius 3 is 2.45 bits per heavy atom. The van der Waals surface area contributed by atoms with Crippen LogP contribution in [0.5, 0.6) is 11.5 Å². The van der Waals surface area contributed by atoms with Crippen molar-refractivity contribution in [3.8, 4) is 11.5 Å². The summed E-state index contributed by atoms with van der Waals surface area (Å²) in [7, 11) is 1.47. The van der Waals surface area contributed by atoms with Crippen molar-refractivity contribution in [3.05, 3.63) is 72.3 Å². The highest BCUT2D eigenvalue weighted by Crippen LogP contribution is 2.20. The summed E-state index contributed by atoms with van der Waals surface area (Å²) in [6.07, 6.45) is 0. The molecule has 3 aromatic carbocycles. The van der Waals surface area contributed by atoms with E-state index in [9.17, 15) is 9.59 Å². The topological polar surface area (TPSA) is 88.7 Å². The van der Waals surface area contributed by atoms with Crippen LogP contribution in [-0.4, -0.2) is 30.6 Å². The number of hydrazine groups is 1. The number of hydrogen-bond donors (Lipinski definition) is 3. The van der Waals surface area contributed by atoms with Crippen molar-refractivity contribution in [1.82, 2.24) is 16.2 Å². The number of rotatable bonds is 5. The van der Waals surface area contributed by atoms with E-state index in [0.29, 0.717) is 17.1 Å². The Kier molecular flexibility index (Phi) is 6.59. The summed E-state index contributed by atoms with van der Waals surface area (Å²) in [5.41, 5.74) is 5.16. The monoisotopic (exact) mass is 409 g/mol. The Hall–Kier alpha value is -3.65. The highest BCUT2D eigenvalue weighted by molar-refractivity contribution is 7.80. The summed E-state index contributed by atoms with van der Waals surface area (Å²) < 4.78 is 10.6. The molecule has 0 aliphatic rings. The van der Waals surface area contributed by atoms with Gasteiger partial charge in [-0.15, -0.1) is 0 Å². The van der Waals surface area contributed by atoms with Gasteiger partial charge in [0.2, 0.25) is 0 Å². The lowest BCUT2D eigenvalue weighted by Gasteiger charge is -2.12. The van der Waals surface area contributed by atoms with Crippen LogP contribution in [0.1, 0.15) is 10.4 Å². The summed E-state index contributed by atoms with van der Waals surface area (Å²) in [6, 6.07) is 20.1. The molecule has 29 heavy (non-hydrogen) atoms. The van der Waals surface area contributed by atoms with Crippen molar-refractivity contribution in [2.24, 2.45) is 0 Å². The largest absolute Gasteiger partial charge is 0.496 e. The molecule has 0 radical (unpaired) electrons. The number of fused-ring (bicyclic) bond motifs is 1. The minimum absolute atomic E-state index is 0.0556. The van der Waals surface area contributed by atoms with E-state index < -0.39 is 11.8 Å². The third-order valence-corrected chi connectivity index (χ3v) is 4.19. The number of thiocarbonyl (C=S) groups is 1. The van der Waals surface area contributed by atoms with E-state index in [4.69, 9.17) is 21.7 Å². The number of ether oxygens (including phenoxy) is 2. The van der Waals surface area contributed by atoms with E-state index in [1.165, 1.54) is 7.11 Å². The fraction of sp³-hybridized carbons (Fsp3) is 0.0952. The first-order valence-corrected chi connectivity index (χ1v) is 9.12. The fourth-order valence-corrected chi connectivity index (χ4v) is 2.75. The Morgan fingerprint density at radius 2 is 1.66 bits per heavy atom. The van der Waals surface area contributed by atoms with Crippen molar-refractivity contribution in [2.75, 3.05) is 13.7 Å². The van der Waals surface area contributed by atoms with Crippen LogP contribution in [0.2, 0.25) is 0 Å². The number of nitrogens with one attached hydrogen (secondary N) is 3. The molecule has 0 unspecified atom stereocenters. The molecule has 0 aliphatic carbocycles. The first kappa shape index (κ1) is 20.1. The van der Waals surface area contributed by atoms with E-state index in [1.807, 2.05) is 36.4 Å². The van der Waals surface area contributed by atoms with E-state index in [0.717, 1.165) is 10.8 Å². The molecule has 7 nitrogen and oxygen atoms in total. The Morgan fingerprint density at radius 1 is 0.931 bits per heavy atom. The summed E-state index contributed by atoms with van der Waals surface area (Å²) in [5, 5.41) is 4.51. The SMILES string of the molecule is COc1ccccc1C(=O)NC(=S)NNC(=O)COc1ccc2ccccc2c1. The number of amides is 2. The van der Waals surface area contributed by atoms with Gasteiger partial charge < -0.3 is 9.47 Å². The third kappa shape index (κ3) is 5.43. The molecule has 3 N–H and O–H groups in total. The summed E-state index contributed by atoms with van der Waals surface area (Å²) in [5.74, 6) is 0.0835. The smallest absolute Gasteiger partial charge is 0.276 e. The van der Waals surface area contributed by atoms with Crippen LogP contribution in [0.15, 0.2) is 66.7 Å². The predicted molar refractivity (Wildman–Crippen MR) is 114 cm³/mol. The quantitative estimate of drug-likeness (QED) is 0.443. The third-order valence-electron chi connectivity index (χ3n) is 3.98. The number of carbonyl (C=O) groups is 2. The molecule has 0 spiro atoms. The first-order chi connectivity index (χ1) is 14.1. The van der Waals surface area contributed by atoms with Crippen molar-refractivity contribution in [2.45, 2.75) is 0 Å². The average Bonchev–Trinajstić information content (AvgIpc) is 2.76. The number of benzene rings is 3. The molecule has 8 heteroatoms. The van der Waals surface area contributed by atoms with Gasteiger partial charge in [-0.1, -0.05) is 42.5 Å². The molecule has 148 valence electrons. The zero-order chi connectivity index (χ0) is 20.6. The highest BCUT2D eigenvalue weighted by atomic mass is 32.1. The zero-order valence-electron chi connectivity index (χ0n) is 15.6. The standard InChI is InChI=1S/C21H19N3O4S/c1-27-18-9-5-4-8-17(18)20(26)22-21(29)24-23-19(25)13-28-16-11-10-14-6-2-3-7-15(14)12-16/h2-12H,13H2,1H3,(H,23,25)(H2,22,24,26,29). The van der Waals surface area contributed by atoms with Gasteiger partial charge in [-0.2, -0.15) is 0 Å². The van der Waals surface area contributed by atoms with Crippen LogP contribution in [0.4, 0.5) is 0 Å². The van der Waals surface area contributed by atoms with Gasteiger partial charge in [0.05, 0.1) is 12.7 Å². The van der Waals surface area contributed by atoms with E-state index in [1.54, 1.807) is 30.3 Å². The molecule has 0 aliphatic heterocycles. The number of hydrogen-bond acceptors (Lipinski definition) is 5. The minimum atomic E-state index is -0.457. The van der Waals surface area contributed by atoms with E-state index in [-0.39, 0.29) is 11.7 Å². The Labute approximate surface area is 173 Å². The normalized spacial score (nSPS) is 10.1. The number of carbonyl (C=O) groups excluding carboxylic acids is 2. The van der Waals surface area contributed by atoms with Crippen molar-refractivity contribution < 1.29 is 19.1 Å². The van der Waals surface area contributed by atoms with Gasteiger partial charge in [-0.25, -0.2) is 0 Å². The van der Waals surface area contributed by atoms with Gasteiger partial charge in [0.25, 0.3) is 11.8 Å². The average molecular weight is 409 g/mol. The molecular formula is C21H19N3O4S. The maximum absolute atomic E-state index is 12.2. The Bertz CT molecular complexity index is 1050. The molecule has 0 fully saturated rings. The van der Waals surface area contributed by atoms with Crippen LogP contribution in [-0.2, 0) is 4.79 Å². The molecule has 0 saturated carbocycles.